The lowest BCUT2D eigenvalue weighted by Crippen LogP contribution is -2.52. The lowest BCUT2D eigenvalue weighted by atomic mass is 9.95. The molecule has 0 spiro atoms. The Morgan fingerprint density at radius 1 is 1.00 bits per heavy atom. The van der Waals surface area contributed by atoms with Crippen LogP contribution in [0.1, 0.15) is 31.7 Å². The van der Waals surface area contributed by atoms with Crippen LogP contribution >= 0.6 is 0 Å². The maximum Gasteiger partial charge on any atom is 0.244 e. The second kappa shape index (κ2) is 8.78. The van der Waals surface area contributed by atoms with E-state index in [1.165, 1.54) is 5.56 Å². The van der Waals surface area contributed by atoms with Crippen molar-refractivity contribution in [3.8, 4) is 0 Å². The number of hydrogen-bond acceptors (Lipinski definition) is 3. The van der Waals surface area contributed by atoms with Crippen molar-refractivity contribution < 1.29 is 9.59 Å². The zero-order valence-corrected chi connectivity index (χ0v) is 17.0. The van der Waals surface area contributed by atoms with Crippen LogP contribution in [0.5, 0.6) is 0 Å². The summed E-state index contributed by atoms with van der Waals surface area (Å²) in [6.45, 7) is 4.24. The number of rotatable bonds is 4. The SMILES string of the molecule is C[C@H](C(=O)N1CCCc2ccccc21)N1CCC[C@@H](C(=O)Nc2ccccc2)C1. The van der Waals surface area contributed by atoms with Crippen LogP contribution in [0.15, 0.2) is 54.6 Å². The molecule has 0 aliphatic carbocycles. The molecule has 152 valence electrons. The molecule has 0 unspecified atom stereocenters. The zero-order chi connectivity index (χ0) is 20.2. The van der Waals surface area contributed by atoms with Gasteiger partial charge in [0.1, 0.15) is 0 Å². The molecule has 1 fully saturated rings. The highest BCUT2D eigenvalue weighted by atomic mass is 16.2. The highest BCUT2D eigenvalue weighted by molar-refractivity contribution is 5.98. The van der Waals surface area contributed by atoms with Gasteiger partial charge in [0, 0.05) is 24.5 Å². The number of amides is 2. The Morgan fingerprint density at radius 2 is 1.76 bits per heavy atom. The van der Waals surface area contributed by atoms with Crippen LogP contribution in [0.25, 0.3) is 0 Å². The van der Waals surface area contributed by atoms with Crippen molar-refractivity contribution in [3.63, 3.8) is 0 Å². The number of fused-ring (bicyclic) bond motifs is 1. The van der Waals surface area contributed by atoms with Gasteiger partial charge in [0.05, 0.1) is 12.0 Å². The first-order valence-electron chi connectivity index (χ1n) is 10.6. The minimum atomic E-state index is -0.228. The summed E-state index contributed by atoms with van der Waals surface area (Å²) in [6, 6.07) is 17.5. The van der Waals surface area contributed by atoms with Gasteiger partial charge in [-0.15, -0.1) is 0 Å². The lowest BCUT2D eigenvalue weighted by molar-refractivity contribution is -0.127. The second-order valence-electron chi connectivity index (χ2n) is 8.09. The maximum absolute atomic E-state index is 13.3. The van der Waals surface area contributed by atoms with Crippen molar-refractivity contribution in [2.45, 2.75) is 38.6 Å². The number of piperidine rings is 1. The number of para-hydroxylation sites is 2. The molecule has 2 amide bonds. The topological polar surface area (TPSA) is 52.7 Å². The van der Waals surface area contributed by atoms with Crippen LogP contribution in [-0.4, -0.2) is 42.4 Å². The van der Waals surface area contributed by atoms with Gasteiger partial charge in [0.2, 0.25) is 11.8 Å². The van der Waals surface area contributed by atoms with Gasteiger partial charge < -0.3 is 10.2 Å². The summed E-state index contributed by atoms with van der Waals surface area (Å²) in [5, 5.41) is 3.02. The predicted molar refractivity (Wildman–Crippen MR) is 116 cm³/mol. The summed E-state index contributed by atoms with van der Waals surface area (Å²) >= 11 is 0. The third kappa shape index (κ3) is 4.35. The van der Waals surface area contributed by atoms with E-state index in [1.54, 1.807) is 0 Å². The van der Waals surface area contributed by atoms with Gasteiger partial charge in [-0.2, -0.15) is 0 Å². The van der Waals surface area contributed by atoms with Gasteiger partial charge >= 0.3 is 0 Å². The number of aryl methyl sites for hydroxylation is 1. The number of nitrogens with zero attached hydrogens (tertiary/aromatic N) is 2. The molecule has 5 nitrogen and oxygen atoms in total. The smallest absolute Gasteiger partial charge is 0.244 e. The van der Waals surface area contributed by atoms with E-state index in [4.69, 9.17) is 0 Å². The van der Waals surface area contributed by atoms with Crippen LogP contribution in [0.2, 0.25) is 0 Å². The number of carbonyl (C=O) groups excluding carboxylic acids is 2. The molecule has 29 heavy (non-hydrogen) atoms. The highest BCUT2D eigenvalue weighted by Crippen LogP contribution is 2.29. The van der Waals surface area contributed by atoms with E-state index in [-0.39, 0.29) is 23.8 Å². The molecule has 2 aromatic carbocycles. The van der Waals surface area contributed by atoms with Gasteiger partial charge in [0.25, 0.3) is 0 Å². The Labute approximate surface area is 172 Å². The first kappa shape index (κ1) is 19.6. The molecule has 5 heteroatoms. The summed E-state index contributed by atoms with van der Waals surface area (Å²) in [7, 11) is 0. The third-order valence-electron chi connectivity index (χ3n) is 6.15. The molecule has 0 aromatic heterocycles. The van der Waals surface area contributed by atoms with Crippen molar-refractivity contribution >= 4 is 23.2 Å². The van der Waals surface area contributed by atoms with E-state index in [1.807, 2.05) is 60.4 Å². The number of anilines is 2. The average molecular weight is 392 g/mol. The second-order valence-corrected chi connectivity index (χ2v) is 8.09. The predicted octanol–water partition coefficient (Wildman–Crippen LogP) is 3.71. The summed E-state index contributed by atoms with van der Waals surface area (Å²) < 4.78 is 0. The molecule has 4 rings (SSSR count). The fourth-order valence-corrected chi connectivity index (χ4v) is 4.48. The molecule has 2 atom stereocenters. The largest absolute Gasteiger partial charge is 0.326 e. The van der Waals surface area contributed by atoms with Crippen molar-refractivity contribution in [2.24, 2.45) is 5.92 Å². The molecular weight excluding hydrogens is 362 g/mol. The molecule has 2 aliphatic rings. The number of benzene rings is 2. The molecule has 0 saturated carbocycles. The summed E-state index contributed by atoms with van der Waals surface area (Å²) in [4.78, 5) is 30.2. The molecule has 1 N–H and O–H groups in total. The van der Waals surface area contributed by atoms with E-state index in [2.05, 4.69) is 16.3 Å². The first-order chi connectivity index (χ1) is 14.1. The molecule has 1 saturated heterocycles. The minimum Gasteiger partial charge on any atom is -0.326 e. The van der Waals surface area contributed by atoms with E-state index in [0.29, 0.717) is 6.54 Å². The van der Waals surface area contributed by atoms with Gasteiger partial charge in [-0.3, -0.25) is 14.5 Å². The number of hydrogen-bond donors (Lipinski definition) is 1. The van der Waals surface area contributed by atoms with Crippen molar-refractivity contribution in [2.75, 3.05) is 29.9 Å². The van der Waals surface area contributed by atoms with Crippen LogP contribution < -0.4 is 10.2 Å². The fraction of sp³-hybridized carbons (Fsp3) is 0.417. The van der Waals surface area contributed by atoms with E-state index >= 15 is 0 Å². The van der Waals surface area contributed by atoms with E-state index in [0.717, 1.165) is 50.1 Å². The highest BCUT2D eigenvalue weighted by Gasteiger charge is 2.34. The monoisotopic (exact) mass is 391 g/mol. The van der Waals surface area contributed by atoms with Crippen molar-refractivity contribution in [1.29, 1.82) is 0 Å². The van der Waals surface area contributed by atoms with Crippen LogP contribution in [0.3, 0.4) is 0 Å². The van der Waals surface area contributed by atoms with Crippen molar-refractivity contribution in [1.82, 2.24) is 4.90 Å². The van der Waals surface area contributed by atoms with E-state index in [9.17, 15) is 9.59 Å². The lowest BCUT2D eigenvalue weighted by Gasteiger charge is -2.39. The molecule has 2 heterocycles. The number of likely N-dealkylation sites (tertiary alicyclic amines) is 1. The summed E-state index contributed by atoms with van der Waals surface area (Å²) in [5.74, 6) is 0.0954. The summed E-state index contributed by atoms with van der Waals surface area (Å²) in [5.41, 5.74) is 3.12. The molecule has 0 bridgehead atoms. The quantitative estimate of drug-likeness (QED) is 0.865. The normalized spacial score (nSPS) is 20.6. The van der Waals surface area contributed by atoms with Gasteiger partial charge in [-0.25, -0.2) is 0 Å². The Kier molecular flexibility index (Phi) is 5.95. The molecule has 2 aromatic rings. The van der Waals surface area contributed by atoms with Crippen molar-refractivity contribution in [3.05, 3.63) is 60.2 Å². The maximum atomic E-state index is 13.3. The van der Waals surface area contributed by atoms with Gasteiger partial charge in [-0.05, 0) is 62.9 Å². The number of carbonyl (C=O) groups is 2. The van der Waals surface area contributed by atoms with Crippen LogP contribution in [0, 0.1) is 5.92 Å². The Balaban J connectivity index is 1.42. The molecular formula is C24H29N3O2. The van der Waals surface area contributed by atoms with Gasteiger partial charge in [-0.1, -0.05) is 36.4 Å². The zero-order valence-electron chi connectivity index (χ0n) is 17.0. The van der Waals surface area contributed by atoms with E-state index < -0.39 is 0 Å². The Hall–Kier alpha value is -2.66. The third-order valence-corrected chi connectivity index (χ3v) is 6.15. The van der Waals surface area contributed by atoms with Gasteiger partial charge in [0.15, 0.2) is 0 Å². The Bertz CT molecular complexity index is 867. The molecule has 0 radical (unpaired) electrons. The standard InChI is InChI=1S/C24H29N3O2/c1-18(24(29)27-16-8-10-19-9-5-6-14-22(19)27)26-15-7-11-20(17-26)23(28)25-21-12-3-2-4-13-21/h2-6,9,12-14,18,20H,7-8,10-11,15-17H2,1H3,(H,25,28)/t18-,20-/m1/s1. The van der Waals surface area contributed by atoms with Crippen LogP contribution in [-0.2, 0) is 16.0 Å². The Morgan fingerprint density at radius 3 is 2.59 bits per heavy atom. The number of nitrogens with one attached hydrogen (secondary N) is 1. The molecule has 2 aliphatic heterocycles. The summed E-state index contributed by atoms with van der Waals surface area (Å²) in [6.07, 6.45) is 3.82. The minimum absolute atomic E-state index is 0.0452. The van der Waals surface area contributed by atoms with Crippen LogP contribution in [0.4, 0.5) is 11.4 Å². The average Bonchev–Trinajstić information content (AvgIpc) is 2.78. The first-order valence-corrected chi connectivity index (χ1v) is 10.6. The fourth-order valence-electron chi connectivity index (χ4n) is 4.48.